The van der Waals surface area contributed by atoms with Crippen LogP contribution in [-0.4, -0.2) is 5.91 Å². The predicted octanol–water partition coefficient (Wildman–Crippen LogP) is 0.658. The third kappa shape index (κ3) is 0.872. The number of hydrogen-bond acceptors (Lipinski definition) is 2. The molecule has 1 amide bonds. The molecule has 0 aliphatic heterocycles. The zero-order valence-electron chi connectivity index (χ0n) is 7.56. The molecule has 3 N–H and O–H groups in total. The number of rotatable bonds is 1. The molecule has 0 bridgehead atoms. The molecule has 0 spiro atoms. The molecular weight excluding hydrogens is 140 g/mol. The fraction of sp³-hybridized carbons (Fsp3) is 0.875. The first-order valence-electron chi connectivity index (χ1n) is 3.86. The van der Waals surface area contributed by atoms with Gasteiger partial charge in [0.25, 0.3) is 0 Å². The molecule has 0 heterocycles. The Balaban J connectivity index is 2.75. The van der Waals surface area contributed by atoms with Crippen molar-refractivity contribution in [2.45, 2.75) is 27.7 Å². The van der Waals surface area contributed by atoms with Crippen LogP contribution in [0.5, 0.6) is 0 Å². The Bertz CT molecular complexity index is 182. The first-order chi connectivity index (χ1) is 4.85. The summed E-state index contributed by atoms with van der Waals surface area (Å²) in [6, 6.07) is 0. The van der Waals surface area contributed by atoms with Gasteiger partial charge in [0.2, 0.25) is 5.91 Å². The smallest absolute Gasteiger partial charge is 0.238 e. The molecule has 0 radical (unpaired) electrons. The maximum absolute atomic E-state index is 11.2. The van der Waals surface area contributed by atoms with Crippen LogP contribution >= 0.6 is 0 Å². The van der Waals surface area contributed by atoms with E-state index >= 15 is 0 Å². The van der Waals surface area contributed by atoms with Gasteiger partial charge in [0.15, 0.2) is 0 Å². The van der Waals surface area contributed by atoms with Crippen LogP contribution in [0.2, 0.25) is 0 Å². The van der Waals surface area contributed by atoms with Gasteiger partial charge in [0, 0.05) is 0 Å². The summed E-state index contributed by atoms with van der Waals surface area (Å²) in [7, 11) is 0. The Morgan fingerprint density at radius 1 is 1.27 bits per heavy atom. The molecule has 1 rings (SSSR count). The minimum Gasteiger partial charge on any atom is -0.294 e. The van der Waals surface area contributed by atoms with E-state index in [-0.39, 0.29) is 22.7 Å². The van der Waals surface area contributed by atoms with Crippen LogP contribution in [0.25, 0.3) is 0 Å². The van der Waals surface area contributed by atoms with Crippen LogP contribution < -0.4 is 11.3 Å². The third-order valence-corrected chi connectivity index (χ3v) is 3.43. The largest absolute Gasteiger partial charge is 0.294 e. The van der Waals surface area contributed by atoms with E-state index in [4.69, 9.17) is 5.84 Å². The van der Waals surface area contributed by atoms with E-state index in [1.54, 1.807) is 0 Å². The van der Waals surface area contributed by atoms with Crippen molar-refractivity contribution in [1.29, 1.82) is 0 Å². The Hall–Kier alpha value is -0.570. The van der Waals surface area contributed by atoms with Crippen LogP contribution in [0.15, 0.2) is 0 Å². The van der Waals surface area contributed by atoms with Crippen molar-refractivity contribution in [1.82, 2.24) is 5.43 Å². The number of carbonyl (C=O) groups excluding carboxylic acids is 1. The summed E-state index contributed by atoms with van der Waals surface area (Å²) in [4.78, 5) is 11.2. The minimum absolute atomic E-state index is 0.0417. The van der Waals surface area contributed by atoms with Crippen molar-refractivity contribution in [2.75, 3.05) is 0 Å². The van der Waals surface area contributed by atoms with E-state index in [2.05, 4.69) is 33.1 Å². The molecule has 1 aliphatic rings. The highest BCUT2D eigenvalue weighted by atomic mass is 16.2. The summed E-state index contributed by atoms with van der Waals surface area (Å²) in [6.07, 6.45) is 0. The lowest BCUT2D eigenvalue weighted by molar-refractivity contribution is -0.123. The molecule has 1 saturated carbocycles. The van der Waals surface area contributed by atoms with Gasteiger partial charge in [-0.25, -0.2) is 5.84 Å². The Labute approximate surface area is 67.3 Å². The first-order valence-corrected chi connectivity index (χ1v) is 3.86. The van der Waals surface area contributed by atoms with Crippen LogP contribution in [0.1, 0.15) is 27.7 Å². The van der Waals surface area contributed by atoms with Gasteiger partial charge >= 0.3 is 0 Å². The van der Waals surface area contributed by atoms with Gasteiger partial charge < -0.3 is 0 Å². The maximum atomic E-state index is 11.2. The van der Waals surface area contributed by atoms with E-state index in [9.17, 15) is 4.79 Å². The Morgan fingerprint density at radius 3 is 1.73 bits per heavy atom. The molecule has 3 heteroatoms. The average molecular weight is 156 g/mol. The zero-order chi connectivity index (χ0) is 8.86. The van der Waals surface area contributed by atoms with Crippen LogP contribution in [0.4, 0.5) is 0 Å². The van der Waals surface area contributed by atoms with Crippen molar-refractivity contribution >= 4 is 5.91 Å². The second-order valence-electron chi connectivity index (χ2n) is 4.38. The van der Waals surface area contributed by atoms with Crippen molar-refractivity contribution in [3.05, 3.63) is 0 Å². The summed E-state index contributed by atoms with van der Waals surface area (Å²) in [5.41, 5.74) is 2.39. The molecule has 0 aromatic carbocycles. The molecule has 11 heavy (non-hydrogen) atoms. The van der Waals surface area contributed by atoms with Crippen molar-refractivity contribution in [3.8, 4) is 0 Å². The number of hydrazine groups is 1. The highest BCUT2D eigenvalue weighted by molar-refractivity contribution is 5.83. The van der Waals surface area contributed by atoms with Gasteiger partial charge in [0.05, 0.1) is 5.92 Å². The molecule has 0 aromatic rings. The van der Waals surface area contributed by atoms with Crippen LogP contribution in [0, 0.1) is 16.7 Å². The second kappa shape index (κ2) is 1.97. The lowest BCUT2D eigenvalue weighted by Gasteiger charge is -2.03. The standard InChI is InChI=1S/C8H16N2O/c1-7(2)5(6(11)10-9)8(7,3)4/h5H,9H2,1-4H3,(H,10,11). The zero-order valence-corrected chi connectivity index (χ0v) is 7.56. The molecule has 0 aromatic heterocycles. The number of amides is 1. The number of hydrogen-bond donors (Lipinski definition) is 2. The van der Waals surface area contributed by atoms with Crippen molar-refractivity contribution in [2.24, 2.45) is 22.6 Å². The van der Waals surface area contributed by atoms with Crippen molar-refractivity contribution in [3.63, 3.8) is 0 Å². The molecule has 1 fully saturated rings. The van der Waals surface area contributed by atoms with Crippen molar-refractivity contribution < 1.29 is 4.79 Å². The van der Waals surface area contributed by atoms with Gasteiger partial charge in [-0.15, -0.1) is 0 Å². The molecular formula is C8H16N2O. The third-order valence-electron chi connectivity index (χ3n) is 3.43. The van der Waals surface area contributed by atoms with Crippen LogP contribution in [0.3, 0.4) is 0 Å². The van der Waals surface area contributed by atoms with E-state index in [0.717, 1.165) is 0 Å². The monoisotopic (exact) mass is 156 g/mol. The SMILES string of the molecule is CC1(C)C(C(=O)NN)C1(C)C. The Kier molecular flexibility index (Phi) is 1.53. The molecule has 1 aliphatic carbocycles. The van der Waals surface area contributed by atoms with Gasteiger partial charge in [-0.3, -0.25) is 10.2 Å². The number of carbonyl (C=O) groups is 1. The summed E-state index contributed by atoms with van der Waals surface area (Å²) in [5.74, 6) is 5.08. The second-order valence-corrected chi connectivity index (χ2v) is 4.38. The first kappa shape index (κ1) is 8.53. The highest BCUT2D eigenvalue weighted by Gasteiger charge is 2.68. The predicted molar refractivity (Wildman–Crippen MR) is 43.4 cm³/mol. The van der Waals surface area contributed by atoms with Gasteiger partial charge in [0.1, 0.15) is 0 Å². The summed E-state index contributed by atoms with van der Waals surface area (Å²) in [6.45, 7) is 8.36. The molecule has 3 nitrogen and oxygen atoms in total. The summed E-state index contributed by atoms with van der Waals surface area (Å²) in [5, 5.41) is 0. The van der Waals surface area contributed by atoms with E-state index < -0.39 is 0 Å². The molecule has 64 valence electrons. The van der Waals surface area contributed by atoms with Gasteiger partial charge in [-0.05, 0) is 10.8 Å². The lowest BCUT2D eigenvalue weighted by Crippen LogP contribution is -2.33. The average Bonchev–Trinajstić information content (AvgIpc) is 2.24. The van der Waals surface area contributed by atoms with Crippen LogP contribution in [-0.2, 0) is 4.79 Å². The topological polar surface area (TPSA) is 55.1 Å². The Morgan fingerprint density at radius 2 is 1.64 bits per heavy atom. The quantitative estimate of drug-likeness (QED) is 0.333. The lowest BCUT2D eigenvalue weighted by atomic mass is 10.0. The van der Waals surface area contributed by atoms with E-state index in [1.165, 1.54) is 0 Å². The molecule has 0 saturated heterocycles. The minimum atomic E-state index is -0.0417. The number of nitrogens with one attached hydrogen (secondary N) is 1. The fourth-order valence-corrected chi connectivity index (χ4v) is 1.94. The molecule has 0 atom stereocenters. The van der Waals surface area contributed by atoms with Gasteiger partial charge in [-0.2, -0.15) is 0 Å². The van der Waals surface area contributed by atoms with Gasteiger partial charge in [-0.1, -0.05) is 27.7 Å². The highest BCUT2D eigenvalue weighted by Crippen LogP contribution is 2.68. The molecule has 0 unspecified atom stereocenters. The maximum Gasteiger partial charge on any atom is 0.238 e. The fourth-order valence-electron chi connectivity index (χ4n) is 1.94. The normalized spacial score (nSPS) is 26.3. The number of nitrogens with two attached hydrogens (primary N) is 1. The summed E-state index contributed by atoms with van der Waals surface area (Å²) < 4.78 is 0. The van der Waals surface area contributed by atoms with E-state index in [1.807, 2.05) is 0 Å². The van der Waals surface area contributed by atoms with E-state index in [0.29, 0.717) is 0 Å². The summed E-state index contributed by atoms with van der Waals surface area (Å²) >= 11 is 0.